The number of carboxylic acid groups (broad SMARTS) is 1. The Kier molecular flexibility index (Phi) is 4.87. The van der Waals surface area contributed by atoms with E-state index in [-0.39, 0.29) is 18.3 Å². The first kappa shape index (κ1) is 19.2. The summed E-state index contributed by atoms with van der Waals surface area (Å²) in [5, 5.41) is 11.6. The predicted molar refractivity (Wildman–Crippen MR) is 98.7 cm³/mol. The maximum Gasteiger partial charge on any atom is 0.292 e. The lowest BCUT2D eigenvalue weighted by Crippen LogP contribution is -2.60. The molecule has 1 aromatic heterocycles. The average Bonchev–Trinajstić information content (AvgIpc) is 3.36. The van der Waals surface area contributed by atoms with Crippen molar-refractivity contribution < 1.29 is 28.6 Å². The van der Waals surface area contributed by atoms with Gasteiger partial charge in [0.2, 0.25) is 0 Å². The van der Waals surface area contributed by atoms with Gasteiger partial charge in [-0.25, -0.2) is 0 Å². The van der Waals surface area contributed by atoms with Crippen LogP contribution in [0.25, 0.3) is 0 Å². The van der Waals surface area contributed by atoms with Crippen LogP contribution in [0.4, 0.5) is 0 Å². The third-order valence-corrected chi connectivity index (χ3v) is 5.58. The number of hydrogen-bond acceptors (Lipinski definition) is 6. The van der Waals surface area contributed by atoms with Crippen LogP contribution in [0.3, 0.4) is 0 Å². The second-order valence-electron chi connectivity index (χ2n) is 7.41. The Morgan fingerprint density at radius 1 is 1.10 bits per heavy atom. The Morgan fingerprint density at radius 2 is 1.86 bits per heavy atom. The van der Waals surface area contributed by atoms with E-state index in [4.69, 9.17) is 9.15 Å². The zero-order valence-corrected chi connectivity index (χ0v) is 16.0. The van der Waals surface area contributed by atoms with Crippen molar-refractivity contribution in [3.8, 4) is 0 Å². The van der Waals surface area contributed by atoms with E-state index in [1.807, 2.05) is 25.1 Å². The van der Waals surface area contributed by atoms with E-state index in [9.17, 15) is 19.5 Å². The van der Waals surface area contributed by atoms with E-state index >= 15 is 0 Å². The molecule has 2 aromatic rings. The maximum atomic E-state index is 13.0. The summed E-state index contributed by atoms with van der Waals surface area (Å²) in [5.41, 5.74) is 0.498. The molecule has 0 saturated carbocycles. The fourth-order valence-corrected chi connectivity index (χ4v) is 4.09. The highest BCUT2D eigenvalue weighted by Gasteiger charge is 2.53. The number of furan rings is 1. The summed E-state index contributed by atoms with van der Waals surface area (Å²) in [6.07, 6.45) is 1.97. The van der Waals surface area contributed by atoms with Crippen molar-refractivity contribution in [2.75, 3.05) is 19.7 Å². The van der Waals surface area contributed by atoms with Gasteiger partial charge in [-0.15, -0.1) is 0 Å². The standard InChI is InChI=1S/C21H22N2O6/c1-14-4-2-5-15(12-14)18(24)22-9-7-21(8-10-22)23(16(13-29-21)20(26)27)19(25)17-6-3-11-28-17/h2-6,11-12,16H,7-10,13H2,1H3,(H,26,27)/p-1/t16-/m0/s1. The third-order valence-electron chi connectivity index (χ3n) is 5.58. The number of carbonyl (C=O) groups is 3. The molecular weight excluding hydrogens is 376 g/mol. The molecule has 1 atom stereocenters. The van der Waals surface area contributed by atoms with Gasteiger partial charge in [-0.3, -0.25) is 14.5 Å². The van der Waals surface area contributed by atoms with Gasteiger partial charge < -0.3 is 24.0 Å². The Hall–Kier alpha value is -3.13. The molecule has 2 fully saturated rings. The molecule has 3 heterocycles. The molecule has 1 aromatic carbocycles. The molecule has 8 nitrogen and oxygen atoms in total. The molecule has 0 radical (unpaired) electrons. The predicted octanol–water partition coefficient (Wildman–Crippen LogP) is 0.811. The first-order valence-electron chi connectivity index (χ1n) is 9.49. The number of aliphatic carboxylic acids is 1. The molecule has 2 saturated heterocycles. The monoisotopic (exact) mass is 397 g/mol. The molecule has 8 heteroatoms. The van der Waals surface area contributed by atoms with Gasteiger partial charge >= 0.3 is 0 Å². The lowest BCUT2D eigenvalue weighted by molar-refractivity contribution is -0.310. The van der Waals surface area contributed by atoms with Crippen LogP contribution in [-0.4, -0.2) is 59.0 Å². The number of likely N-dealkylation sites (tertiary alicyclic amines) is 1. The van der Waals surface area contributed by atoms with Gasteiger partial charge in [-0.2, -0.15) is 0 Å². The smallest absolute Gasteiger partial charge is 0.292 e. The van der Waals surface area contributed by atoms with Gasteiger partial charge in [0.05, 0.1) is 24.9 Å². The van der Waals surface area contributed by atoms with E-state index in [0.29, 0.717) is 31.5 Å². The van der Waals surface area contributed by atoms with Crippen molar-refractivity contribution in [2.24, 2.45) is 0 Å². The van der Waals surface area contributed by atoms with E-state index in [1.165, 1.54) is 17.2 Å². The summed E-state index contributed by atoms with van der Waals surface area (Å²) in [5.74, 6) is -1.98. The summed E-state index contributed by atoms with van der Waals surface area (Å²) in [6, 6.07) is 9.20. The van der Waals surface area contributed by atoms with Crippen LogP contribution >= 0.6 is 0 Å². The maximum absolute atomic E-state index is 13.0. The van der Waals surface area contributed by atoms with Crippen molar-refractivity contribution in [1.29, 1.82) is 0 Å². The van der Waals surface area contributed by atoms with Crippen LogP contribution in [0.5, 0.6) is 0 Å². The Morgan fingerprint density at radius 3 is 2.48 bits per heavy atom. The largest absolute Gasteiger partial charge is 0.548 e. The fraction of sp³-hybridized carbons (Fsp3) is 0.381. The van der Waals surface area contributed by atoms with Crippen LogP contribution in [-0.2, 0) is 9.53 Å². The second kappa shape index (κ2) is 7.36. The van der Waals surface area contributed by atoms with E-state index in [1.54, 1.807) is 17.0 Å². The van der Waals surface area contributed by atoms with Crippen LogP contribution in [0, 0.1) is 6.92 Å². The summed E-state index contributed by atoms with van der Waals surface area (Å²) in [7, 11) is 0. The number of hydrogen-bond donors (Lipinski definition) is 0. The van der Waals surface area contributed by atoms with Crippen molar-refractivity contribution in [1.82, 2.24) is 9.80 Å². The number of ether oxygens (including phenoxy) is 1. The normalized spacial score (nSPS) is 20.8. The van der Waals surface area contributed by atoms with Crippen molar-refractivity contribution >= 4 is 17.8 Å². The molecule has 2 amide bonds. The summed E-state index contributed by atoms with van der Waals surface area (Å²) < 4.78 is 11.0. The highest BCUT2D eigenvalue weighted by molar-refractivity contribution is 5.96. The highest BCUT2D eigenvalue weighted by atomic mass is 16.5. The minimum absolute atomic E-state index is 0.0411. The molecule has 29 heavy (non-hydrogen) atoms. The highest BCUT2D eigenvalue weighted by Crippen LogP contribution is 2.38. The average molecular weight is 397 g/mol. The summed E-state index contributed by atoms with van der Waals surface area (Å²) >= 11 is 0. The summed E-state index contributed by atoms with van der Waals surface area (Å²) in [6.45, 7) is 2.45. The van der Waals surface area contributed by atoms with E-state index in [0.717, 1.165) is 5.56 Å². The van der Waals surface area contributed by atoms with Gasteiger partial charge in [-0.05, 0) is 31.2 Å². The lowest BCUT2D eigenvalue weighted by Gasteiger charge is -2.44. The number of benzene rings is 1. The van der Waals surface area contributed by atoms with Gasteiger partial charge in [0, 0.05) is 31.5 Å². The number of rotatable bonds is 3. The SMILES string of the molecule is Cc1cccc(C(=O)N2CCC3(CC2)OC[C@@H](C(=O)[O-])N3C(=O)c2ccco2)c1. The number of carbonyl (C=O) groups excluding carboxylic acids is 3. The fourth-order valence-electron chi connectivity index (χ4n) is 4.09. The van der Waals surface area contributed by atoms with Crippen molar-refractivity contribution in [3.05, 3.63) is 59.5 Å². The molecule has 0 N–H and O–H groups in total. The number of carboxylic acids is 1. The molecule has 0 unspecified atom stereocenters. The lowest BCUT2D eigenvalue weighted by atomic mass is 9.96. The second-order valence-corrected chi connectivity index (χ2v) is 7.41. The molecular formula is C21H21N2O6-. The Labute approximate surface area is 167 Å². The first-order chi connectivity index (χ1) is 13.9. The van der Waals surface area contributed by atoms with Crippen LogP contribution in [0.2, 0.25) is 0 Å². The minimum Gasteiger partial charge on any atom is -0.548 e. The summed E-state index contributed by atoms with van der Waals surface area (Å²) in [4.78, 5) is 40.3. The number of amides is 2. The number of piperidine rings is 1. The molecule has 152 valence electrons. The topological polar surface area (TPSA) is 103 Å². The van der Waals surface area contributed by atoms with Gasteiger partial charge in [0.15, 0.2) is 5.76 Å². The van der Waals surface area contributed by atoms with Crippen molar-refractivity contribution in [2.45, 2.75) is 31.5 Å². The van der Waals surface area contributed by atoms with E-state index in [2.05, 4.69) is 0 Å². The molecule has 4 rings (SSSR count). The van der Waals surface area contributed by atoms with Crippen LogP contribution in [0.1, 0.15) is 39.3 Å². The zero-order chi connectivity index (χ0) is 20.6. The quantitative estimate of drug-likeness (QED) is 0.759. The number of aryl methyl sites for hydroxylation is 1. The molecule has 1 spiro atoms. The van der Waals surface area contributed by atoms with Gasteiger partial charge in [-0.1, -0.05) is 17.7 Å². The molecule has 2 aliphatic heterocycles. The van der Waals surface area contributed by atoms with E-state index < -0.39 is 23.6 Å². The minimum atomic E-state index is -1.37. The van der Waals surface area contributed by atoms with Crippen molar-refractivity contribution in [3.63, 3.8) is 0 Å². The van der Waals surface area contributed by atoms with Crippen LogP contribution < -0.4 is 5.11 Å². The third kappa shape index (κ3) is 3.40. The zero-order valence-electron chi connectivity index (χ0n) is 16.0. The molecule has 0 aliphatic carbocycles. The number of nitrogens with zero attached hydrogens (tertiary/aromatic N) is 2. The Bertz CT molecular complexity index is 930. The Balaban J connectivity index is 1.54. The molecule has 2 aliphatic rings. The molecule has 0 bridgehead atoms. The van der Waals surface area contributed by atoms with Gasteiger partial charge in [0.1, 0.15) is 5.72 Å². The van der Waals surface area contributed by atoms with Gasteiger partial charge in [0.25, 0.3) is 11.8 Å². The van der Waals surface area contributed by atoms with Crippen LogP contribution in [0.15, 0.2) is 47.1 Å². The first-order valence-corrected chi connectivity index (χ1v) is 9.49.